The van der Waals surface area contributed by atoms with Gasteiger partial charge in [-0.1, -0.05) is 6.42 Å². The number of aromatic nitrogens is 4. The monoisotopic (exact) mass is 261 g/mol. The first-order chi connectivity index (χ1) is 8.92. The van der Waals surface area contributed by atoms with Crippen LogP contribution in [0.15, 0.2) is 11.6 Å². The van der Waals surface area contributed by atoms with Crippen LogP contribution in [0.2, 0.25) is 0 Å². The molecular formula is C12H15N5S. The first-order valence-electron chi connectivity index (χ1n) is 6.51. The Morgan fingerprint density at radius 2 is 2.28 bits per heavy atom. The first kappa shape index (κ1) is 10.5. The molecule has 0 amide bonds. The van der Waals surface area contributed by atoms with Crippen LogP contribution >= 0.6 is 11.3 Å². The summed E-state index contributed by atoms with van der Waals surface area (Å²) in [6.07, 6.45) is 6.70. The van der Waals surface area contributed by atoms with Gasteiger partial charge in [-0.15, -0.1) is 11.3 Å². The lowest BCUT2D eigenvalue weighted by molar-refractivity contribution is 0.393. The molecule has 1 saturated carbocycles. The molecule has 2 aromatic heterocycles. The molecule has 0 aromatic carbocycles. The molecule has 4 rings (SSSR count). The molecule has 3 heterocycles. The molecule has 5 nitrogen and oxygen atoms in total. The van der Waals surface area contributed by atoms with Gasteiger partial charge in [-0.05, 0) is 19.3 Å². The van der Waals surface area contributed by atoms with Gasteiger partial charge in [0.05, 0.1) is 0 Å². The van der Waals surface area contributed by atoms with Gasteiger partial charge in [0.25, 0.3) is 0 Å². The van der Waals surface area contributed by atoms with Gasteiger partial charge in [0.15, 0.2) is 5.82 Å². The van der Waals surface area contributed by atoms with E-state index in [1.54, 1.807) is 11.3 Å². The van der Waals surface area contributed by atoms with Crippen molar-refractivity contribution < 1.29 is 0 Å². The molecule has 1 fully saturated rings. The highest BCUT2D eigenvalue weighted by atomic mass is 32.1. The molecule has 0 bridgehead atoms. The van der Waals surface area contributed by atoms with Gasteiger partial charge in [-0.3, -0.25) is 0 Å². The van der Waals surface area contributed by atoms with Gasteiger partial charge in [0.2, 0.25) is 5.95 Å². The van der Waals surface area contributed by atoms with E-state index in [0.29, 0.717) is 5.92 Å². The fourth-order valence-electron chi connectivity index (χ4n) is 2.59. The molecule has 0 saturated heterocycles. The van der Waals surface area contributed by atoms with E-state index >= 15 is 0 Å². The van der Waals surface area contributed by atoms with E-state index in [0.717, 1.165) is 29.7 Å². The molecule has 1 atom stereocenters. The molecular weight excluding hydrogens is 246 g/mol. The van der Waals surface area contributed by atoms with Crippen molar-refractivity contribution in [1.29, 1.82) is 0 Å². The zero-order valence-corrected chi connectivity index (χ0v) is 10.9. The number of fused-ring (bicyclic) bond motifs is 1. The van der Waals surface area contributed by atoms with Crippen LogP contribution in [-0.2, 0) is 0 Å². The maximum atomic E-state index is 4.72. The van der Waals surface area contributed by atoms with Crippen molar-refractivity contribution in [2.75, 3.05) is 11.9 Å². The molecule has 1 aliphatic carbocycles. The lowest BCUT2D eigenvalue weighted by Gasteiger charge is -2.23. The SMILES string of the molecule is c1csc(C2CCNc3nc(C4CCC4)nn32)n1. The number of thiazole rings is 1. The Morgan fingerprint density at radius 1 is 1.33 bits per heavy atom. The topological polar surface area (TPSA) is 55.6 Å². The minimum Gasteiger partial charge on any atom is -0.354 e. The van der Waals surface area contributed by atoms with E-state index in [1.807, 2.05) is 16.3 Å². The molecule has 0 radical (unpaired) electrons. The van der Waals surface area contributed by atoms with Crippen molar-refractivity contribution in [2.45, 2.75) is 37.6 Å². The van der Waals surface area contributed by atoms with E-state index in [9.17, 15) is 0 Å². The number of nitrogens with zero attached hydrogens (tertiary/aromatic N) is 4. The maximum absolute atomic E-state index is 4.72. The van der Waals surface area contributed by atoms with Crippen LogP contribution in [0.1, 0.15) is 48.5 Å². The second-order valence-electron chi connectivity index (χ2n) is 4.97. The van der Waals surface area contributed by atoms with Crippen LogP contribution in [-0.4, -0.2) is 26.3 Å². The van der Waals surface area contributed by atoms with Crippen LogP contribution in [0.25, 0.3) is 0 Å². The number of anilines is 1. The molecule has 2 aromatic rings. The average Bonchev–Trinajstić information content (AvgIpc) is 2.94. The quantitative estimate of drug-likeness (QED) is 0.902. The number of hydrogen-bond donors (Lipinski definition) is 1. The fourth-order valence-corrected chi connectivity index (χ4v) is 3.34. The lowest BCUT2D eigenvalue weighted by atomic mass is 9.85. The van der Waals surface area contributed by atoms with E-state index < -0.39 is 0 Å². The van der Waals surface area contributed by atoms with Crippen molar-refractivity contribution in [1.82, 2.24) is 19.7 Å². The first-order valence-corrected chi connectivity index (χ1v) is 7.39. The van der Waals surface area contributed by atoms with Crippen molar-refractivity contribution in [3.63, 3.8) is 0 Å². The third-order valence-electron chi connectivity index (χ3n) is 3.85. The molecule has 2 aliphatic rings. The van der Waals surface area contributed by atoms with Gasteiger partial charge in [-0.2, -0.15) is 10.1 Å². The fraction of sp³-hybridized carbons (Fsp3) is 0.583. The molecule has 1 unspecified atom stereocenters. The standard InChI is InChI=1S/C12H15N5S/c1-2-8(3-1)10-15-12-14-5-4-9(17(12)16-10)11-13-6-7-18-11/h6-9H,1-5H2,(H,14,15,16). The minimum absolute atomic E-state index is 0.266. The van der Waals surface area contributed by atoms with Gasteiger partial charge in [0, 0.05) is 24.0 Å². The summed E-state index contributed by atoms with van der Waals surface area (Å²) >= 11 is 1.70. The number of hydrogen-bond acceptors (Lipinski definition) is 5. The van der Waals surface area contributed by atoms with E-state index in [-0.39, 0.29) is 6.04 Å². The second-order valence-corrected chi connectivity index (χ2v) is 5.89. The highest BCUT2D eigenvalue weighted by molar-refractivity contribution is 7.09. The second kappa shape index (κ2) is 4.05. The molecule has 6 heteroatoms. The smallest absolute Gasteiger partial charge is 0.222 e. The lowest BCUT2D eigenvalue weighted by Crippen LogP contribution is -2.24. The summed E-state index contributed by atoms with van der Waals surface area (Å²) in [7, 11) is 0. The van der Waals surface area contributed by atoms with Crippen LogP contribution in [0.3, 0.4) is 0 Å². The minimum atomic E-state index is 0.266. The van der Waals surface area contributed by atoms with E-state index in [1.165, 1.54) is 19.3 Å². The van der Waals surface area contributed by atoms with E-state index in [4.69, 9.17) is 5.10 Å². The molecule has 0 spiro atoms. The van der Waals surface area contributed by atoms with Crippen LogP contribution in [0.4, 0.5) is 5.95 Å². The number of nitrogens with one attached hydrogen (secondary N) is 1. The molecule has 1 N–H and O–H groups in total. The highest BCUT2D eigenvalue weighted by Gasteiger charge is 2.30. The summed E-state index contributed by atoms with van der Waals surface area (Å²) < 4.78 is 2.04. The maximum Gasteiger partial charge on any atom is 0.222 e. The predicted octanol–water partition coefficient (Wildman–Crippen LogP) is 2.41. The van der Waals surface area contributed by atoms with Crippen molar-refractivity contribution >= 4 is 17.3 Å². The molecule has 1 aliphatic heterocycles. The predicted molar refractivity (Wildman–Crippen MR) is 70.0 cm³/mol. The molecule has 18 heavy (non-hydrogen) atoms. The summed E-state index contributed by atoms with van der Waals surface area (Å²) in [5, 5.41) is 11.2. The summed E-state index contributed by atoms with van der Waals surface area (Å²) in [6, 6.07) is 0.266. The van der Waals surface area contributed by atoms with Crippen LogP contribution in [0, 0.1) is 0 Å². The van der Waals surface area contributed by atoms with Gasteiger partial charge in [-0.25, -0.2) is 9.67 Å². The van der Waals surface area contributed by atoms with Crippen LogP contribution in [0.5, 0.6) is 0 Å². The third-order valence-corrected chi connectivity index (χ3v) is 4.73. The van der Waals surface area contributed by atoms with Gasteiger partial charge < -0.3 is 5.32 Å². The average molecular weight is 261 g/mol. The summed E-state index contributed by atoms with van der Waals surface area (Å²) in [5.41, 5.74) is 0. The summed E-state index contributed by atoms with van der Waals surface area (Å²) in [4.78, 5) is 9.08. The Kier molecular flexibility index (Phi) is 2.36. The Balaban J connectivity index is 1.72. The van der Waals surface area contributed by atoms with Gasteiger partial charge in [0.1, 0.15) is 11.0 Å². The zero-order valence-electron chi connectivity index (χ0n) is 10.0. The van der Waals surface area contributed by atoms with Crippen molar-refractivity contribution in [3.8, 4) is 0 Å². The Morgan fingerprint density at radius 3 is 3.00 bits per heavy atom. The normalized spacial score (nSPS) is 23.2. The molecule has 94 valence electrons. The van der Waals surface area contributed by atoms with E-state index in [2.05, 4.69) is 15.3 Å². The third kappa shape index (κ3) is 1.55. The largest absolute Gasteiger partial charge is 0.354 e. The number of rotatable bonds is 2. The Hall–Kier alpha value is -1.43. The van der Waals surface area contributed by atoms with Gasteiger partial charge >= 0.3 is 0 Å². The summed E-state index contributed by atoms with van der Waals surface area (Å²) in [5.74, 6) is 2.53. The van der Waals surface area contributed by atoms with Crippen molar-refractivity contribution in [3.05, 3.63) is 22.4 Å². The highest BCUT2D eigenvalue weighted by Crippen LogP contribution is 2.37. The zero-order chi connectivity index (χ0) is 11.9. The Labute approximate surface area is 109 Å². The van der Waals surface area contributed by atoms with Crippen LogP contribution < -0.4 is 5.32 Å². The Bertz CT molecular complexity index is 543. The summed E-state index contributed by atoms with van der Waals surface area (Å²) in [6.45, 7) is 0.951. The van der Waals surface area contributed by atoms with Crippen molar-refractivity contribution in [2.24, 2.45) is 0 Å².